The first-order valence-corrected chi connectivity index (χ1v) is 11.7. The van der Waals surface area contributed by atoms with Crippen LogP contribution in [0.2, 0.25) is 0 Å². The SMILES string of the molecule is COc1ccc(NC(=O)Cn2c3c(sc2=O)[C@@H](c2cccnc2)C2C(=O)NC(=O)C2S3)cc1. The molecule has 0 aliphatic carbocycles. The normalized spacial score (nSPS) is 21.2. The molecule has 2 aliphatic rings. The smallest absolute Gasteiger partial charge is 0.308 e. The van der Waals surface area contributed by atoms with Gasteiger partial charge in [0, 0.05) is 28.9 Å². The van der Waals surface area contributed by atoms with Gasteiger partial charge in [0.2, 0.25) is 17.7 Å². The number of aromatic nitrogens is 2. The van der Waals surface area contributed by atoms with Crippen molar-refractivity contribution in [3.05, 3.63) is 68.9 Å². The lowest BCUT2D eigenvalue weighted by Gasteiger charge is -2.30. The number of pyridine rings is 1. The number of carbonyl (C=O) groups excluding carboxylic acids is 3. The number of nitrogens with one attached hydrogen (secondary N) is 2. The first-order chi connectivity index (χ1) is 16.0. The maximum Gasteiger partial charge on any atom is 0.308 e. The zero-order valence-electron chi connectivity index (χ0n) is 17.3. The van der Waals surface area contributed by atoms with Crippen LogP contribution in [0.3, 0.4) is 0 Å². The molecule has 3 amide bonds. The standard InChI is InChI=1S/C22H18N4O5S2/c1-31-13-6-4-12(5-7-13)24-14(27)10-26-21-18(33-22(26)30)15(11-3-2-8-23-9-11)16-17(32-21)20(29)25-19(16)28/h2-9,15-17H,10H2,1H3,(H,24,27)(H,25,28,29)/t15-,16?,17?/m0/s1. The molecule has 0 spiro atoms. The largest absolute Gasteiger partial charge is 0.497 e. The lowest BCUT2D eigenvalue weighted by molar-refractivity contribution is -0.126. The minimum Gasteiger partial charge on any atom is -0.497 e. The average Bonchev–Trinajstić information content (AvgIpc) is 3.28. The van der Waals surface area contributed by atoms with Crippen LogP contribution >= 0.6 is 23.1 Å². The van der Waals surface area contributed by atoms with Crippen LogP contribution in [0.25, 0.3) is 0 Å². The topological polar surface area (TPSA) is 119 Å². The fourth-order valence-corrected chi connectivity index (χ4v) is 6.85. The quantitative estimate of drug-likeness (QED) is 0.533. The van der Waals surface area contributed by atoms with Crippen LogP contribution in [0.4, 0.5) is 5.69 Å². The van der Waals surface area contributed by atoms with Gasteiger partial charge in [0.25, 0.3) is 0 Å². The second-order valence-corrected chi connectivity index (χ2v) is 9.71. The Morgan fingerprint density at radius 2 is 1.97 bits per heavy atom. The Morgan fingerprint density at radius 1 is 1.18 bits per heavy atom. The van der Waals surface area contributed by atoms with Crippen LogP contribution in [0.15, 0.2) is 58.6 Å². The summed E-state index contributed by atoms with van der Waals surface area (Å²) in [5.74, 6) is -1.60. The van der Waals surface area contributed by atoms with Gasteiger partial charge >= 0.3 is 4.87 Å². The Balaban J connectivity index is 1.49. The summed E-state index contributed by atoms with van der Waals surface area (Å²) in [6, 6.07) is 10.4. The number of ether oxygens (including phenoxy) is 1. The van der Waals surface area contributed by atoms with Gasteiger partial charge in [-0.25, -0.2) is 0 Å². The highest BCUT2D eigenvalue weighted by molar-refractivity contribution is 8.00. The van der Waals surface area contributed by atoms with E-state index in [4.69, 9.17) is 4.74 Å². The number of hydrogen-bond acceptors (Lipinski definition) is 8. The van der Waals surface area contributed by atoms with Crippen molar-refractivity contribution in [2.75, 3.05) is 12.4 Å². The van der Waals surface area contributed by atoms with Gasteiger partial charge in [0.05, 0.1) is 18.1 Å². The van der Waals surface area contributed by atoms with Crippen LogP contribution < -0.4 is 20.2 Å². The van der Waals surface area contributed by atoms with Gasteiger partial charge in [-0.2, -0.15) is 0 Å². The van der Waals surface area contributed by atoms with Gasteiger partial charge in [-0.05, 0) is 35.9 Å². The fourth-order valence-electron chi connectivity index (χ4n) is 4.11. The molecule has 2 N–H and O–H groups in total. The van der Waals surface area contributed by atoms with E-state index in [0.717, 1.165) is 28.7 Å². The van der Waals surface area contributed by atoms with Crippen molar-refractivity contribution in [3.8, 4) is 5.75 Å². The molecule has 2 aliphatic heterocycles. The first kappa shape index (κ1) is 21.4. The molecule has 2 aromatic heterocycles. The highest BCUT2D eigenvalue weighted by atomic mass is 32.2. The minimum absolute atomic E-state index is 0.212. The molecular weight excluding hydrogens is 464 g/mol. The zero-order chi connectivity index (χ0) is 23.1. The lowest BCUT2D eigenvalue weighted by Crippen LogP contribution is -2.32. The van der Waals surface area contributed by atoms with Crippen molar-refractivity contribution in [2.45, 2.75) is 22.7 Å². The average molecular weight is 483 g/mol. The Hall–Kier alpha value is -3.44. The van der Waals surface area contributed by atoms with Crippen molar-refractivity contribution in [3.63, 3.8) is 0 Å². The van der Waals surface area contributed by atoms with Gasteiger partial charge in [-0.15, -0.1) is 0 Å². The van der Waals surface area contributed by atoms with Gasteiger partial charge in [-0.1, -0.05) is 29.2 Å². The van der Waals surface area contributed by atoms with E-state index in [-0.39, 0.29) is 29.1 Å². The summed E-state index contributed by atoms with van der Waals surface area (Å²) in [6.45, 7) is -0.212. The Bertz CT molecular complexity index is 1300. The van der Waals surface area contributed by atoms with Gasteiger partial charge < -0.3 is 10.1 Å². The van der Waals surface area contributed by atoms with E-state index < -0.39 is 17.1 Å². The number of thiazole rings is 1. The summed E-state index contributed by atoms with van der Waals surface area (Å²) in [5, 5.41) is 5.03. The number of nitrogens with zero attached hydrogens (tertiary/aromatic N) is 2. The van der Waals surface area contributed by atoms with E-state index in [1.54, 1.807) is 49.8 Å². The second kappa shape index (κ2) is 8.49. The number of methoxy groups -OCH3 is 1. The number of anilines is 1. The molecule has 5 rings (SSSR count). The van der Waals surface area contributed by atoms with Crippen LogP contribution in [0.1, 0.15) is 16.4 Å². The van der Waals surface area contributed by atoms with Crippen LogP contribution in [-0.4, -0.2) is 39.6 Å². The van der Waals surface area contributed by atoms with Crippen LogP contribution in [0, 0.1) is 5.92 Å². The van der Waals surface area contributed by atoms with Crippen molar-refractivity contribution < 1.29 is 19.1 Å². The van der Waals surface area contributed by atoms with Crippen molar-refractivity contribution >= 4 is 46.5 Å². The minimum atomic E-state index is -0.680. The maximum atomic E-state index is 12.9. The highest BCUT2D eigenvalue weighted by Crippen LogP contribution is 2.51. The molecule has 1 saturated heterocycles. The molecule has 4 heterocycles. The molecule has 3 atom stereocenters. The molecule has 1 fully saturated rings. The maximum absolute atomic E-state index is 12.9. The summed E-state index contributed by atoms with van der Waals surface area (Å²) < 4.78 is 6.49. The Morgan fingerprint density at radius 3 is 2.67 bits per heavy atom. The van der Waals surface area contributed by atoms with E-state index >= 15 is 0 Å². The molecule has 33 heavy (non-hydrogen) atoms. The number of imide groups is 1. The third kappa shape index (κ3) is 3.83. The molecule has 0 bridgehead atoms. The van der Waals surface area contributed by atoms with Gasteiger partial charge in [0.1, 0.15) is 17.5 Å². The number of amides is 3. The summed E-state index contributed by atoms with van der Waals surface area (Å²) >= 11 is 2.16. The molecule has 0 saturated carbocycles. The molecule has 0 radical (unpaired) electrons. The monoisotopic (exact) mass is 482 g/mol. The number of rotatable bonds is 5. The molecular formula is C22H18N4O5S2. The Kier molecular flexibility index (Phi) is 5.51. The predicted molar refractivity (Wildman–Crippen MR) is 123 cm³/mol. The summed E-state index contributed by atoms with van der Waals surface area (Å²) in [7, 11) is 1.55. The van der Waals surface area contributed by atoms with Gasteiger partial charge in [-0.3, -0.25) is 34.0 Å². The number of hydrogen-bond donors (Lipinski definition) is 2. The molecule has 168 valence electrons. The van der Waals surface area contributed by atoms with E-state index in [1.165, 1.54) is 4.57 Å². The van der Waals surface area contributed by atoms with E-state index in [0.29, 0.717) is 21.3 Å². The lowest BCUT2D eigenvalue weighted by atomic mass is 9.84. The molecule has 2 unspecified atom stereocenters. The van der Waals surface area contributed by atoms with E-state index in [2.05, 4.69) is 15.6 Å². The second-order valence-electron chi connectivity index (χ2n) is 7.58. The first-order valence-electron chi connectivity index (χ1n) is 10.0. The summed E-state index contributed by atoms with van der Waals surface area (Å²) in [6.07, 6.45) is 3.26. The van der Waals surface area contributed by atoms with Crippen molar-refractivity contribution in [2.24, 2.45) is 5.92 Å². The number of benzene rings is 1. The van der Waals surface area contributed by atoms with Crippen LogP contribution in [-0.2, 0) is 20.9 Å². The third-order valence-corrected chi connectivity index (χ3v) is 8.22. The molecule has 11 heteroatoms. The number of fused-ring (bicyclic) bond motifs is 2. The highest BCUT2D eigenvalue weighted by Gasteiger charge is 2.52. The van der Waals surface area contributed by atoms with Crippen LogP contribution in [0.5, 0.6) is 5.75 Å². The number of thioether (sulfide) groups is 1. The van der Waals surface area contributed by atoms with E-state index in [1.807, 2.05) is 6.07 Å². The molecule has 1 aromatic carbocycles. The summed E-state index contributed by atoms with van der Waals surface area (Å²) in [5.41, 5.74) is 1.31. The van der Waals surface area contributed by atoms with Gasteiger partial charge in [0.15, 0.2) is 0 Å². The number of carbonyl (C=O) groups is 3. The fraction of sp³-hybridized carbons (Fsp3) is 0.227. The van der Waals surface area contributed by atoms with Crippen molar-refractivity contribution in [1.29, 1.82) is 0 Å². The predicted octanol–water partition coefficient (Wildman–Crippen LogP) is 1.83. The summed E-state index contributed by atoms with van der Waals surface area (Å²) in [4.78, 5) is 55.2. The van der Waals surface area contributed by atoms with E-state index in [9.17, 15) is 19.2 Å². The zero-order valence-corrected chi connectivity index (χ0v) is 18.9. The van der Waals surface area contributed by atoms with Crippen molar-refractivity contribution in [1.82, 2.24) is 14.9 Å². The Labute approximate surface area is 196 Å². The third-order valence-electron chi connectivity index (χ3n) is 5.61. The molecule has 3 aromatic rings. The molecule has 9 nitrogen and oxygen atoms in total.